The number of carboxylic acid groups (broad SMARTS) is 1. The van der Waals surface area contributed by atoms with E-state index in [-0.39, 0.29) is 17.7 Å². The summed E-state index contributed by atoms with van der Waals surface area (Å²) in [6, 6.07) is 17.0. The molecule has 3 aromatic rings. The lowest BCUT2D eigenvalue weighted by atomic mass is 10.00. The van der Waals surface area contributed by atoms with Crippen LogP contribution in [0.15, 0.2) is 73.1 Å². The number of pyridine rings is 1. The molecule has 1 amide bonds. The number of aromatic carboxylic acids is 1. The summed E-state index contributed by atoms with van der Waals surface area (Å²) >= 11 is 0. The van der Waals surface area contributed by atoms with Gasteiger partial charge in [0.2, 0.25) is 0 Å². The van der Waals surface area contributed by atoms with Crippen LogP contribution in [0.1, 0.15) is 57.2 Å². The number of carbonyl (C=O) groups excluding carboxylic acids is 1. The Bertz CT molecular complexity index is 1100. The molecule has 7 nitrogen and oxygen atoms in total. The summed E-state index contributed by atoms with van der Waals surface area (Å²) in [5.41, 5.74) is 3.41. The highest BCUT2D eigenvalue weighted by molar-refractivity contribution is 5.97. The second kappa shape index (κ2) is 12.1. The lowest BCUT2D eigenvalue weighted by Crippen LogP contribution is -2.48. The Kier molecular flexibility index (Phi) is 8.90. The van der Waals surface area contributed by atoms with Crippen LogP contribution in [0.3, 0.4) is 0 Å². The molecule has 2 atom stereocenters. The summed E-state index contributed by atoms with van der Waals surface area (Å²) < 4.78 is 0. The van der Waals surface area contributed by atoms with Crippen molar-refractivity contribution in [2.24, 2.45) is 0 Å². The second-order valence-corrected chi connectivity index (χ2v) is 8.64. The topological polar surface area (TPSA) is 112 Å². The van der Waals surface area contributed by atoms with Crippen LogP contribution in [0.25, 0.3) is 0 Å². The lowest BCUT2D eigenvalue weighted by molar-refractivity contribution is 0.0697. The summed E-state index contributed by atoms with van der Waals surface area (Å²) in [6.07, 6.45) is 3.21. The second-order valence-electron chi connectivity index (χ2n) is 8.64. The van der Waals surface area contributed by atoms with Crippen molar-refractivity contribution >= 4 is 11.9 Å². The Morgan fingerprint density at radius 1 is 0.941 bits per heavy atom. The van der Waals surface area contributed by atoms with Gasteiger partial charge in [0, 0.05) is 31.0 Å². The van der Waals surface area contributed by atoms with Gasteiger partial charge in [-0.25, -0.2) is 4.79 Å². The van der Waals surface area contributed by atoms with E-state index in [1.807, 2.05) is 36.5 Å². The zero-order valence-electron chi connectivity index (χ0n) is 19.4. The molecule has 0 saturated heterocycles. The van der Waals surface area contributed by atoms with Crippen LogP contribution in [-0.2, 0) is 13.0 Å². The molecule has 2 aromatic carbocycles. The molecule has 0 aliphatic rings. The fourth-order valence-electron chi connectivity index (χ4n) is 3.62. The van der Waals surface area contributed by atoms with Crippen molar-refractivity contribution in [1.82, 2.24) is 15.6 Å². The largest absolute Gasteiger partial charge is 0.478 e. The Labute approximate surface area is 199 Å². The summed E-state index contributed by atoms with van der Waals surface area (Å²) in [5, 5.41) is 26.3. The van der Waals surface area contributed by atoms with Crippen LogP contribution < -0.4 is 10.6 Å². The van der Waals surface area contributed by atoms with Gasteiger partial charge in [-0.1, -0.05) is 56.3 Å². The first-order valence-corrected chi connectivity index (χ1v) is 11.3. The van der Waals surface area contributed by atoms with Gasteiger partial charge in [0.1, 0.15) is 0 Å². The van der Waals surface area contributed by atoms with Crippen molar-refractivity contribution < 1.29 is 19.8 Å². The van der Waals surface area contributed by atoms with Gasteiger partial charge in [-0.3, -0.25) is 9.78 Å². The Morgan fingerprint density at radius 2 is 1.68 bits per heavy atom. The number of aliphatic hydroxyl groups is 1. The van der Waals surface area contributed by atoms with Gasteiger partial charge < -0.3 is 20.8 Å². The van der Waals surface area contributed by atoms with Gasteiger partial charge in [0.05, 0.1) is 17.7 Å². The highest BCUT2D eigenvalue weighted by atomic mass is 16.4. The Morgan fingerprint density at radius 3 is 2.38 bits per heavy atom. The van der Waals surface area contributed by atoms with Gasteiger partial charge in [0.15, 0.2) is 0 Å². The first-order valence-electron chi connectivity index (χ1n) is 11.3. The summed E-state index contributed by atoms with van der Waals surface area (Å²) in [6.45, 7) is 5.03. The monoisotopic (exact) mass is 461 g/mol. The summed E-state index contributed by atoms with van der Waals surface area (Å²) in [4.78, 5) is 28.4. The number of rotatable bonds is 11. The molecule has 0 saturated carbocycles. The number of aromatic nitrogens is 1. The van der Waals surface area contributed by atoms with E-state index in [1.165, 1.54) is 18.2 Å². The summed E-state index contributed by atoms with van der Waals surface area (Å²) in [5.74, 6) is -1.16. The number of benzene rings is 2. The molecule has 34 heavy (non-hydrogen) atoms. The number of carboxylic acids is 1. The smallest absolute Gasteiger partial charge is 0.335 e. The van der Waals surface area contributed by atoms with Crippen LogP contribution in [-0.4, -0.2) is 45.8 Å². The van der Waals surface area contributed by atoms with Crippen molar-refractivity contribution in [2.75, 3.05) is 6.54 Å². The third-order valence-electron chi connectivity index (χ3n) is 5.62. The number of carbonyl (C=O) groups is 2. The molecular weight excluding hydrogens is 430 g/mol. The maximum atomic E-state index is 12.9. The SMILES string of the molecule is CC(C)c1cncc(CNC[C@H](O)[C@H](Cc2ccccc2)NC(=O)c2cccc(C(=O)O)c2)c1. The van der Waals surface area contributed by atoms with Gasteiger partial charge in [-0.2, -0.15) is 0 Å². The number of nitrogens with zero attached hydrogens (tertiary/aromatic N) is 1. The number of hydrogen-bond donors (Lipinski definition) is 4. The van der Waals surface area contributed by atoms with E-state index in [4.69, 9.17) is 0 Å². The maximum Gasteiger partial charge on any atom is 0.335 e. The van der Waals surface area contributed by atoms with Gasteiger partial charge in [0.25, 0.3) is 5.91 Å². The fourth-order valence-corrected chi connectivity index (χ4v) is 3.62. The van der Waals surface area contributed by atoms with Crippen molar-refractivity contribution in [1.29, 1.82) is 0 Å². The molecule has 1 aromatic heterocycles. The standard InChI is InChI=1S/C27H31N3O4/c1-18(2)23-11-20(14-28-16-23)15-29-17-25(31)24(12-19-7-4-3-5-8-19)30-26(32)21-9-6-10-22(13-21)27(33)34/h3-11,13-14,16,18,24-25,29,31H,12,15,17H2,1-2H3,(H,30,32)(H,33,34)/t24-,25-/m0/s1. The Hall–Kier alpha value is -3.55. The van der Waals surface area contributed by atoms with Gasteiger partial charge in [-0.15, -0.1) is 0 Å². The zero-order chi connectivity index (χ0) is 24.5. The number of amides is 1. The van der Waals surface area contributed by atoms with Crippen LogP contribution in [0.5, 0.6) is 0 Å². The molecule has 178 valence electrons. The number of nitrogens with one attached hydrogen (secondary N) is 2. The molecule has 0 radical (unpaired) electrons. The van der Waals surface area contributed by atoms with E-state index in [0.717, 1.165) is 16.7 Å². The summed E-state index contributed by atoms with van der Waals surface area (Å²) in [7, 11) is 0. The fraction of sp³-hybridized carbons (Fsp3) is 0.296. The molecule has 0 spiro atoms. The normalized spacial score (nSPS) is 12.8. The first-order chi connectivity index (χ1) is 16.3. The number of aliphatic hydroxyl groups excluding tert-OH is 1. The van der Waals surface area contributed by atoms with Gasteiger partial charge in [-0.05, 0) is 47.2 Å². The molecule has 0 bridgehead atoms. The van der Waals surface area contributed by atoms with E-state index in [9.17, 15) is 19.8 Å². The van der Waals surface area contributed by atoms with E-state index in [2.05, 4.69) is 35.5 Å². The first kappa shape index (κ1) is 25.1. The third-order valence-corrected chi connectivity index (χ3v) is 5.62. The molecule has 0 fully saturated rings. The molecule has 3 rings (SSSR count). The minimum absolute atomic E-state index is 0.0340. The van der Waals surface area contributed by atoms with Crippen LogP contribution >= 0.6 is 0 Å². The molecule has 0 aliphatic heterocycles. The molecular formula is C27H31N3O4. The van der Waals surface area contributed by atoms with Crippen molar-refractivity contribution in [3.05, 3.63) is 101 Å². The van der Waals surface area contributed by atoms with Gasteiger partial charge >= 0.3 is 5.97 Å². The highest BCUT2D eigenvalue weighted by Gasteiger charge is 2.23. The van der Waals surface area contributed by atoms with Crippen molar-refractivity contribution in [3.8, 4) is 0 Å². The number of hydrogen-bond acceptors (Lipinski definition) is 5. The minimum atomic E-state index is -1.10. The van der Waals surface area contributed by atoms with Crippen LogP contribution in [0.4, 0.5) is 0 Å². The predicted octanol–water partition coefficient (Wildman–Crippen LogP) is 3.40. The highest BCUT2D eigenvalue weighted by Crippen LogP contribution is 2.14. The van der Waals surface area contributed by atoms with Crippen LogP contribution in [0, 0.1) is 0 Å². The average molecular weight is 462 g/mol. The predicted molar refractivity (Wildman–Crippen MR) is 131 cm³/mol. The quantitative estimate of drug-likeness (QED) is 0.348. The van der Waals surface area contributed by atoms with E-state index < -0.39 is 24.0 Å². The third kappa shape index (κ3) is 7.23. The van der Waals surface area contributed by atoms with E-state index >= 15 is 0 Å². The zero-order valence-corrected chi connectivity index (χ0v) is 19.4. The lowest BCUT2D eigenvalue weighted by Gasteiger charge is -2.25. The average Bonchev–Trinajstić information content (AvgIpc) is 2.84. The molecule has 0 aliphatic carbocycles. The van der Waals surface area contributed by atoms with E-state index in [0.29, 0.717) is 18.9 Å². The Balaban J connectivity index is 1.68. The molecule has 1 heterocycles. The molecule has 4 N–H and O–H groups in total. The minimum Gasteiger partial charge on any atom is -0.478 e. The maximum absolute atomic E-state index is 12.9. The molecule has 7 heteroatoms. The van der Waals surface area contributed by atoms with Crippen molar-refractivity contribution in [3.63, 3.8) is 0 Å². The molecule has 0 unspecified atom stereocenters. The van der Waals surface area contributed by atoms with E-state index in [1.54, 1.807) is 12.3 Å². The van der Waals surface area contributed by atoms with Crippen LogP contribution in [0.2, 0.25) is 0 Å². The van der Waals surface area contributed by atoms with Crippen molar-refractivity contribution in [2.45, 2.75) is 44.9 Å².